The molecule has 6 N–H and O–H groups in total. The van der Waals surface area contributed by atoms with Gasteiger partial charge in [-0.05, 0) is 6.08 Å². The van der Waals surface area contributed by atoms with Crippen molar-refractivity contribution in [3.05, 3.63) is 12.3 Å². The molecule has 9 nitrogen and oxygen atoms in total. The third-order valence-corrected chi connectivity index (χ3v) is 5.35. The van der Waals surface area contributed by atoms with Crippen molar-refractivity contribution in [3.8, 4) is 0 Å². The van der Waals surface area contributed by atoms with E-state index in [2.05, 4.69) is 0 Å². The lowest BCUT2D eigenvalue weighted by Crippen LogP contribution is -2.60. The standard InChI is InChI=1S/C14H21ClO9/c15-7-8(17)4-1-2-22-13(6(4)10(7)19)24-14-12(21)11(20)9(18)5(3-16)23-14/h1-2,4-14,16-21H,3H2/t4-,5-,6+,7-,8+,9-,10-,11+,12-,13+,14+/m1/s1. The average molecular weight is 369 g/mol. The van der Waals surface area contributed by atoms with Crippen molar-refractivity contribution < 1.29 is 44.8 Å². The monoisotopic (exact) mass is 368 g/mol. The van der Waals surface area contributed by atoms with Crippen molar-refractivity contribution in [1.29, 1.82) is 0 Å². The van der Waals surface area contributed by atoms with Crippen molar-refractivity contribution in [2.45, 2.75) is 54.6 Å². The first-order valence-electron chi connectivity index (χ1n) is 7.65. The predicted molar refractivity (Wildman–Crippen MR) is 77.5 cm³/mol. The fourth-order valence-corrected chi connectivity index (χ4v) is 3.74. The number of hydrogen-bond donors (Lipinski definition) is 6. The van der Waals surface area contributed by atoms with Crippen molar-refractivity contribution >= 4 is 11.6 Å². The topological polar surface area (TPSA) is 149 Å². The largest absolute Gasteiger partial charge is 0.472 e. The fraction of sp³-hybridized carbons (Fsp3) is 0.857. The van der Waals surface area contributed by atoms with Gasteiger partial charge in [0.05, 0.1) is 36.4 Å². The van der Waals surface area contributed by atoms with Crippen molar-refractivity contribution in [2.24, 2.45) is 11.8 Å². The van der Waals surface area contributed by atoms with Gasteiger partial charge in [0.2, 0.25) is 6.29 Å². The lowest BCUT2D eigenvalue weighted by molar-refractivity contribution is -0.343. The summed E-state index contributed by atoms with van der Waals surface area (Å²) in [7, 11) is 0. The van der Waals surface area contributed by atoms with E-state index in [0.29, 0.717) is 0 Å². The van der Waals surface area contributed by atoms with Gasteiger partial charge < -0.3 is 44.8 Å². The number of hydrogen-bond acceptors (Lipinski definition) is 9. The van der Waals surface area contributed by atoms with E-state index in [4.69, 9.17) is 25.8 Å². The van der Waals surface area contributed by atoms with Crippen LogP contribution >= 0.6 is 11.6 Å². The molecule has 3 aliphatic rings. The maximum atomic E-state index is 10.2. The molecular formula is C14H21ClO9. The van der Waals surface area contributed by atoms with Crippen molar-refractivity contribution in [1.82, 2.24) is 0 Å². The Morgan fingerprint density at radius 2 is 1.62 bits per heavy atom. The van der Waals surface area contributed by atoms with Crippen LogP contribution in [0.2, 0.25) is 0 Å². The summed E-state index contributed by atoms with van der Waals surface area (Å²) in [4.78, 5) is 0. The second-order valence-corrected chi connectivity index (χ2v) is 6.75. The van der Waals surface area contributed by atoms with E-state index in [0.717, 1.165) is 0 Å². The Bertz CT molecular complexity index is 475. The quantitative estimate of drug-likeness (QED) is 0.291. The summed E-state index contributed by atoms with van der Waals surface area (Å²) in [6.45, 7) is -0.590. The minimum Gasteiger partial charge on any atom is -0.472 e. The molecule has 138 valence electrons. The van der Waals surface area contributed by atoms with E-state index in [1.54, 1.807) is 6.08 Å². The van der Waals surface area contributed by atoms with Crippen LogP contribution in [0, 0.1) is 11.8 Å². The Labute approximate surface area is 142 Å². The molecule has 0 bridgehead atoms. The summed E-state index contributed by atoms with van der Waals surface area (Å²) in [5.74, 6) is -1.22. The molecule has 0 aromatic carbocycles. The number of ether oxygens (including phenoxy) is 3. The highest BCUT2D eigenvalue weighted by Gasteiger charge is 2.55. The van der Waals surface area contributed by atoms with Crippen LogP contribution in [0.5, 0.6) is 0 Å². The van der Waals surface area contributed by atoms with Crippen LogP contribution in [0.15, 0.2) is 12.3 Å². The van der Waals surface area contributed by atoms with Gasteiger partial charge in [0.1, 0.15) is 24.4 Å². The van der Waals surface area contributed by atoms with Crippen LogP contribution in [0.25, 0.3) is 0 Å². The summed E-state index contributed by atoms with van der Waals surface area (Å²) >= 11 is 5.98. The summed E-state index contributed by atoms with van der Waals surface area (Å²) in [6.07, 6.45) is -7.57. The van der Waals surface area contributed by atoms with Crippen molar-refractivity contribution in [3.63, 3.8) is 0 Å². The molecule has 0 spiro atoms. The highest BCUT2D eigenvalue weighted by molar-refractivity contribution is 6.21. The predicted octanol–water partition coefficient (Wildman–Crippen LogP) is -2.75. The van der Waals surface area contributed by atoms with Crippen LogP contribution < -0.4 is 0 Å². The second kappa shape index (κ2) is 7.02. The number of alkyl halides is 1. The van der Waals surface area contributed by atoms with E-state index in [9.17, 15) is 30.6 Å². The molecule has 3 rings (SSSR count). The molecule has 24 heavy (non-hydrogen) atoms. The van der Waals surface area contributed by atoms with Crippen molar-refractivity contribution in [2.75, 3.05) is 6.61 Å². The molecule has 0 aromatic rings. The van der Waals surface area contributed by atoms with E-state index in [-0.39, 0.29) is 0 Å². The lowest BCUT2D eigenvalue weighted by atomic mass is 9.91. The van der Waals surface area contributed by atoms with Crippen LogP contribution in [0.3, 0.4) is 0 Å². The van der Waals surface area contributed by atoms with E-state index >= 15 is 0 Å². The molecule has 2 heterocycles. The highest BCUT2D eigenvalue weighted by atomic mass is 35.5. The van der Waals surface area contributed by atoms with Gasteiger partial charge in [-0.25, -0.2) is 0 Å². The van der Waals surface area contributed by atoms with Gasteiger partial charge in [0.15, 0.2) is 6.29 Å². The van der Waals surface area contributed by atoms with Gasteiger partial charge in [0.25, 0.3) is 0 Å². The number of halogens is 1. The normalized spacial score (nSPS) is 54.4. The molecule has 2 aliphatic heterocycles. The molecule has 0 aromatic heterocycles. The third kappa shape index (κ3) is 2.94. The second-order valence-electron chi connectivity index (χ2n) is 6.25. The Balaban J connectivity index is 1.74. The molecule has 10 heteroatoms. The van der Waals surface area contributed by atoms with Gasteiger partial charge in [-0.3, -0.25) is 0 Å². The number of rotatable bonds is 3. The summed E-state index contributed by atoms with van der Waals surface area (Å²) in [5, 5.41) is 58.1. The third-order valence-electron chi connectivity index (χ3n) is 4.83. The molecule has 0 amide bonds. The average Bonchev–Trinajstić information content (AvgIpc) is 2.80. The van der Waals surface area contributed by atoms with Crippen LogP contribution in [0.4, 0.5) is 0 Å². The summed E-state index contributed by atoms with van der Waals surface area (Å²) in [6, 6.07) is 0. The molecule has 1 aliphatic carbocycles. The fourth-order valence-electron chi connectivity index (χ4n) is 3.41. The number of fused-ring (bicyclic) bond motifs is 1. The maximum absolute atomic E-state index is 10.2. The Kier molecular flexibility index (Phi) is 5.36. The first-order chi connectivity index (χ1) is 11.4. The number of aliphatic hydroxyl groups is 6. The maximum Gasteiger partial charge on any atom is 0.207 e. The van der Waals surface area contributed by atoms with Crippen LogP contribution in [0.1, 0.15) is 0 Å². The summed E-state index contributed by atoms with van der Waals surface area (Å²) in [5.41, 5.74) is 0. The smallest absolute Gasteiger partial charge is 0.207 e. The lowest BCUT2D eigenvalue weighted by Gasteiger charge is -2.42. The van der Waals surface area contributed by atoms with Gasteiger partial charge in [-0.2, -0.15) is 0 Å². The summed E-state index contributed by atoms with van der Waals surface area (Å²) < 4.78 is 16.1. The van der Waals surface area contributed by atoms with Crippen LogP contribution in [-0.4, -0.2) is 91.8 Å². The first-order valence-corrected chi connectivity index (χ1v) is 8.08. The molecule has 1 saturated heterocycles. The SMILES string of the molecule is OC[C@H]1O[C@@H](O[C@@H]2OC=C[C@H]3[C@H](O)[C@@H](Cl)[C@H](O)[C@@H]23)[C@H](O)[C@@H](O)[C@@H]1O. The zero-order chi connectivity index (χ0) is 17.6. The first kappa shape index (κ1) is 18.3. The molecular weight excluding hydrogens is 348 g/mol. The minimum atomic E-state index is -1.59. The van der Waals surface area contributed by atoms with Crippen LogP contribution in [-0.2, 0) is 14.2 Å². The Hall–Kier alpha value is -0.490. The highest BCUT2D eigenvalue weighted by Crippen LogP contribution is 2.43. The van der Waals surface area contributed by atoms with Gasteiger partial charge in [-0.15, -0.1) is 11.6 Å². The van der Waals surface area contributed by atoms with E-state index in [1.807, 2.05) is 0 Å². The van der Waals surface area contributed by atoms with E-state index < -0.39 is 73.0 Å². The Morgan fingerprint density at radius 3 is 2.29 bits per heavy atom. The molecule has 1 saturated carbocycles. The molecule has 0 radical (unpaired) electrons. The Morgan fingerprint density at radius 1 is 0.917 bits per heavy atom. The van der Waals surface area contributed by atoms with Gasteiger partial charge in [0, 0.05) is 5.92 Å². The molecule has 11 atom stereocenters. The minimum absolute atomic E-state index is 0.508. The van der Waals surface area contributed by atoms with Gasteiger partial charge in [-0.1, -0.05) is 0 Å². The van der Waals surface area contributed by atoms with E-state index in [1.165, 1.54) is 6.26 Å². The zero-order valence-corrected chi connectivity index (χ0v) is 13.3. The van der Waals surface area contributed by atoms with Gasteiger partial charge >= 0.3 is 0 Å². The number of aliphatic hydroxyl groups excluding tert-OH is 6. The molecule has 2 fully saturated rings. The molecule has 0 unspecified atom stereocenters. The zero-order valence-electron chi connectivity index (χ0n) is 12.5.